The Balaban J connectivity index is 1.82. The fraction of sp³-hybridized carbons (Fsp3) is 0.111. The van der Waals surface area contributed by atoms with Crippen LogP contribution in [0.1, 0.15) is 35.7 Å². The van der Waals surface area contributed by atoms with E-state index in [-0.39, 0.29) is 5.13 Å². The number of hydrogen-bond donors (Lipinski definition) is 2. The first-order valence-corrected chi connectivity index (χ1v) is 11.4. The summed E-state index contributed by atoms with van der Waals surface area (Å²) in [7, 11) is 0. The zero-order valence-electron chi connectivity index (χ0n) is 18.9. The fourth-order valence-electron chi connectivity index (χ4n) is 3.93. The van der Waals surface area contributed by atoms with Gasteiger partial charge in [0.15, 0.2) is 5.13 Å². The van der Waals surface area contributed by atoms with E-state index in [9.17, 15) is 4.39 Å². The van der Waals surface area contributed by atoms with Gasteiger partial charge in [-0.2, -0.15) is 9.49 Å². The Kier molecular flexibility index (Phi) is 6.38. The largest absolute Gasteiger partial charge is 0.357 e. The van der Waals surface area contributed by atoms with Crippen LogP contribution in [-0.4, -0.2) is 20.2 Å². The van der Waals surface area contributed by atoms with Crippen molar-refractivity contribution in [3.05, 3.63) is 106 Å². The Hall–Kier alpha value is -3.77. The molecule has 0 bridgehead atoms. The normalized spacial score (nSPS) is 13.0. The molecule has 2 N–H and O–H groups in total. The van der Waals surface area contributed by atoms with Gasteiger partial charge in [-0.15, -0.1) is 11.3 Å². The van der Waals surface area contributed by atoms with Crippen LogP contribution >= 0.6 is 11.3 Å². The zero-order chi connectivity index (χ0) is 23.5. The molecule has 166 valence electrons. The Morgan fingerprint density at radius 3 is 2.58 bits per heavy atom. The van der Waals surface area contributed by atoms with Crippen molar-refractivity contribution in [1.82, 2.24) is 20.2 Å². The highest BCUT2D eigenvalue weighted by Gasteiger charge is 2.18. The molecule has 0 aliphatic rings. The second kappa shape index (κ2) is 9.38. The third kappa shape index (κ3) is 4.30. The van der Waals surface area contributed by atoms with Crippen LogP contribution in [0.3, 0.4) is 0 Å². The maximum atomic E-state index is 13.7. The molecule has 0 saturated carbocycles. The summed E-state index contributed by atoms with van der Waals surface area (Å²) in [6.07, 6.45) is 9.41. The Bertz CT molecular complexity index is 1440. The van der Waals surface area contributed by atoms with E-state index in [0.717, 1.165) is 72.3 Å². The van der Waals surface area contributed by atoms with E-state index in [1.807, 2.05) is 57.2 Å². The number of hydrogen-bond acceptors (Lipinski definition) is 3. The van der Waals surface area contributed by atoms with E-state index < -0.39 is 0 Å². The minimum Gasteiger partial charge on any atom is -0.357 e. The number of halogens is 1. The average molecular weight is 457 g/mol. The van der Waals surface area contributed by atoms with Gasteiger partial charge in [-0.3, -0.25) is 5.10 Å². The molecule has 0 aliphatic heterocycles. The predicted octanol–water partition coefficient (Wildman–Crippen LogP) is 7.62. The van der Waals surface area contributed by atoms with Crippen molar-refractivity contribution in [3.8, 4) is 11.4 Å². The topological polar surface area (TPSA) is 57.4 Å². The summed E-state index contributed by atoms with van der Waals surface area (Å²) in [6, 6.07) is 9.28. The first-order valence-electron chi connectivity index (χ1n) is 10.6. The van der Waals surface area contributed by atoms with Crippen LogP contribution in [0, 0.1) is 12.1 Å². The second-order valence-electron chi connectivity index (χ2n) is 7.59. The van der Waals surface area contributed by atoms with Crippen LogP contribution in [0.5, 0.6) is 0 Å². The first kappa shape index (κ1) is 22.4. The number of nitrogens with zero attached hydrogens (tertiary/aromatic N) is 2. The highest BCUT2D eigenvalue weighted by atomic mass is 32.1. The minimum atomic E-state index is -0.219. The van der Waals surface area contributed by atoms with Crippen LogP contribution in [0.25, 0.3) is 33.6 Å². The van der Waals surface area contributed by atoms with Gasteiger partial charge in [-0.1, -0.05) is 43.5 Å². The molecule has 4 heterocycles. The average Bonchev–Trinajstić information content (AvgIpc) is 3.51. The van der Waals surface area contributed by atoms with Crippen LogP contribution in [0.2, 0.25) is 0 Å². The van der Waals surface area contributed by atoms with E-state index >= 15 is 0 Å². The lowest BCUT2D eigenvalue weighted by atomic mass is 10.0. The molecule has 4 nitrogen and oxygen atoms in total. The highest BCUT2D eigenvalue weighted by Crippen LogP contribution is 2.35. The number of allylic oxidation sites excluding steroid dienone is 7. The first-order chi connectivity index (χ1) is 16.0. The summed E-state index contributed by atoms with van der Waals surface area (Å²) >= 11 is 1.11. The molecule has 4 aromatic heterocycles. The molecule has 0 amide bonds. The van der Waals surface area contributed by atoms with Crippen LogP contribution in [-0.2, 0) is 0 Å². The van der Waals surface area contributed by atoms with Crippen LogP contribution in [0.4, 0.5) is 4.39 Å². The molecule has 33 heavy (non-hydrogen) atoms. The monoisotopic (exact) mass is 456 g/mol. The van der Waals surface area contributed by atoms with E-state index in [2.05, 4.69) is 28.3 Å². The standard InChI is InChI=1S/C27H25FN4S/c1-6-9-16(4)18(8-3)21-11-12-22-26(30-21)27(32-31-22)23-15-20(17(5)29-23)19(10-7-2)24-13-14-25(28)33-24/h6-15,29H,1-2H2,3-5H3,(H,31,32)/b16-9-,18-8+,19-10+. The van der Waals surface area contributed by atoms with Gasteiger partial charge in [0.1, 0.15) is 11.2 Å². The van der Waals surface area contributed by atoms with Crippen molar-refractivity contribution in [2.45, 2.75) is 20.8 Å². The van der Waals surface area contributed by atoms with E-state index in [0.29, 0.717) is 0 Å². The summed E-state index contributed by atoms with van der Waals surface area (Å²) in [5, 5.41) is 7.41. The maximum Gasteiger partial charge on any atom is 0.176 e. The fourth-order valence-corrected chi connectivity index (χ4v) is 4.70. The molecule has 0 aromatic carbocycles. The van der Waals surface area contributed by atoms with Gasteiger partial charge in [-0.25, -0.2) is 4.98 Å². The minimum absolute atomic E-state index is 0.219. The van der Waals surface area contributed by atoms with E-state index in [1.54, 1.807) is 18.2 Å². The van der Waals surface area contributed by atoms with Crippen molar-refractivity contribution in [2.75, 3.05) is 0 Å². The number of aromatic amines is 2. The maximum absolute atomic E-state index is 13.7. The van der Waals surface area contributed by atoms with Crippen molar-refractivity contribution < 1.29 is 4.39 Å². The second-order valence-corrected chi connectivity index (χ2v) is 8.63. The molecule has 6 heteroatoms. The van der Waals surface area contributed by atoms with Gasteiger partial charge >= 0.3 is 0 Å². The SMILES string of the molecule is C=C/C=C(C)\C(=C/C)c1ccc2[nH]nc(-c3cc(/C(=C\C=C)c4ccc(F)s4)c(C)[nH]3)c2n1. The number of pyridine rings is 1. The van der Waals surface area contributed by atoms with Gasteiger partial charge in [0.2, 0.25) is 0 Å². The smallest absolute Gasteiger partial charge is 0.176 e. The molecular formula is C27H25FN4S. The summed E-state index contributed by atoms with van der Waals surface area (Å²) in [5.74, 6) is 0. The number of rotatable bonds is 7. The number of fused-ring (bicyclic) bond motifs is 1. The summed E-state index contributed by atoms with van der Waals surface area (Å²) in [6.45, 7) is 13.7. The van der Waals surface area contributed by atoms with Gasteiger partial charge < -0.3 is 4.98 Å². The number of thiophene rings is 1. The molecule has 0 radical (unpaired) electrons. The molecule has 0 fully saturated rings. The van der Waals surface area contributed by atoms with E-state index in [4.69, 9.17) is 4.98 Å². The summed E-state index contributed by atoms with van der Waals surface area (Å²) < 4.78 is 13.7. The number of nitrogens with one attached hydrogen (secondary N) is 2. The third-order valence-electron chi connectivity index (χ3n) is 5.45. The van der Waals surface area contributed by atoms with Gasteiger partial charge in [0.25, 0.3) is 0 Å². The molecule has 0 spiro atoms. The molecule has 0 aliphatic carbocycles. The molecule has 0 unspecified atom stereocenters. The van der Waals surface area contributed by atoms with E-state index in [1.165, 1.54) is 6.07 Å². The molecule has 4 rings (SSSR count). The molecular weight excluding hydrogens is 431 g/mol. The van der Waals surface area contributed by atoms with Gasteiger partial charge in [0.05, 0.1) is 16.9 Å². The van der Waals surface area contributed by atoms with Crippen molar-refractivity contribution in [2.24, 2.45) is 0 Å². The van der Waals surface area contributed by atoms with Gasteiger partial charge in [-0.05, 0) is 62.2 Å². The van der Waals surface area contributed by atoms with Crippen LogP contribution < -0.4 is 0 Å². The Morgan fingerprint density at radius 2 is 1.91 bits per heavy atom. The molecule has 0 saturated heterocycles. The van der Waals surface area contributed by atoms with Crippen molar-refractivity contribution in [1.29, 1.82) is 0 Å². The lowest BCUT2D eigenvalue weighted by Crippen LogP contribution is -1.92. The molecule has 0 atom stereocenters. The lowest BCUT2D eigenvalue weighted by Gasteiger charge is -2.07. The number of aromatic nitrogens is 4. The quantitative estimate of drug-likeness (QED) is 0.281. The van der Waals surface area contributed by atoms with Crippen molar-refractivity contribution >= 4 is 33.5 Å². The third-order valence-corrected chi connectivity index (χ3v) is 6.36. The van der Waals surface area contributed by atoms with Crippen LogP contribution in [0.15, 0.2) is 79.4 Å². The predicted molar refractivity (Wildman–Crippen MR) is 138 cm³/mol. The zero-order valence-corrected chi connectivity index (χ0v) is 19.7. The van der Waals surface area contributed by atoms with Crippen molar-refractivity contribution in [3.63, 3.8) is 0 Å². The number of aryl methyl sites for hydroxylation is 1. The lowest BCUT2D eigenvalue weighted by molar-refractivity contribution is 0.657. The molecule has 4 aromatic rings. The Morgan fingerprint density at radius 1 is 1.12 bits per heavy atom. The summed E-state index contributed by atoms with van der Waals surface area (Å²) in [5.41, 5.74) is 9.04. The Labute approximate surface area is 196 Å². The number of H-pyrrole nitrogens is 2. The van der Waals surface area contributed by atoms with Gasteiger partial charge in [0, 0.05) is 21.7 Å². The summed E-state index contributed by atoms with van der Waals surface area (Å²) in [4.78, 5) is 9.21. The highest BCUT2D eigenvalue weighted by molar-refractivity contribution is 7.11.